The van der Waals surface area contributed by atoms with Crippen LogP contribution >= 0.6 is 23.4 Å². The van der Waals surface area contributed by atoms with E-state index in [1.807, 2.05) is 11.8 Å². The fourth-order valence-electron chi connectivity index (χ4n) is 6.73. The van der Waals surface area contributed by atoms with Crippen molar-refractivity contribution in [3.8, 4) is 5.75 Å². The molecule has 3 atom stereocenters. The molecule has 3 N–H and O–H groups in total. The van der Waals surface area contributed by atoms with Gasteiger partial charge in [0.15, 0.2) is 6.61 Å². The van der Waals surface area contributed by atoms with Crippen molar-refractivity contribution in [1.29, 1.82) is 0 Å². The lowest BCUT2D eigenvalue weighted by Crippen LogP contribution is -2.84. The van der Waals surface area contributed by atoms with Crippen molar-refractivity contribution >= 4 is 35.2 Å². The molecule has 2 amide bonds. The highest BCUT2D eigenvalue weighted by molar-refractivity contribution is 8.01. The zero-order valence-corrected chi connectivity index (χ0v) is 22.5. The fraction of sp³-hybridized carbons (Fsp3) is 0.704. The van der Waals surface area contributed by atoms with E-state index in [-0.39, 0.29) is 51.6 Å². The minimum Gasteiger partial charge on any atom is -0.484 e. The lowest BCUT2D eigenvalue weighted by molar-refractivity contribution is -0.150. The van der Waals surface area contributed by atoms with Crippen molar-refractivity contribution in [3.63, 3.8) is 0 Å². The molecule has 5 fully saturated rings. The topological polar surface area (TPSA) is 79.5 Å². The van der Waals surface area contributed by atoms with Gasteiger partial charge in [-0.25, -0.2) is 4.39 Å². The highest BCUT2D eigenvalue weighted by Gasteiger charge is 2.69. The summed E-state index contributed by atoms with van der Waals surface area (Å²) in [5.41, 5.74) is -0.451. The Labute approximate surface area is 222 Å². The van der Waals surface area contributed by atoms with Gasteiger partial charge in [-0.15, -0.1) is 11.8 Å². The van der Waals surface area contributed by atoms with Crippen LogP contribution in [0.1, 0.15) is 77.6 Å². The van der Waals surface area contributed by atoms with Crippen LogP contribution in [0.5, 0.6) is 5.75 Å². The van der Waals surface area contributed by atoms with E-state index in [9.17, 15) is 14.0 Å². The molecule has 1 aliphatic heterocycles. The van der Waals surface area contributed by atoms with E-state index in [2.05, 4.69) is 22.9 Å². The largest absolute Gasteiger partial charge is 0.484 e. The number of carbonyl (C=O) groups excluding carboxylic acids is 2. The Kier molecular flexibility index (Phi) is 7.76. The third kappa shape index (κ3) is 5.51. The van der Waals surface area contributed by atoms with Crippen LogP contribution in [-0.4, -0.2) is 46.2 Å². The molecule has 6 nitrogen and oxygen atoms in total. The van der Waals surface area contributed by atoms with Crippen LogP contribution < -0.4 is 20.7 Å². The number of amides is 2. The number of benzene rings is 1. The normalized spacial score (nSPS) is 33.7. The Hall–Kier alpha value is -1.51. The number of carbonyl (C=O) groups is 2. The van der Waals surface area contributed by atoms with Gasteiger partial charge < -0.3 is 20.7 Å². The van der Waals surface area contributed by atoms with Gasteiger partial charge in [-0.1, -0.05) is 50.6 Å². The standard InChI is InChI=1S/C27H37ClFN3O3S/c1-2-7-22-30-23(17-8-5-3-4-6-9-17)24(36-22)25(34)32-27-14-26(15-27,16-27)31-21(33)13-35-18-10-11-19(28)20(29)12-18/h10-12,17,22-24,30H,2-9,13-16H2,1H3,(H,31,33)(H,32,34). The SMILES string of the molecule is CCCC1NC(C2CCCCCC2)C(C(=O)NC23CC(NC(=O)COc4ccc(Cl)c(F)c4)(C2)C3)S1. The quantitative estimate of drug-likeness (QED) is 0.389. The summed E-state index contributed by atoms with van der Waals surface area (Å²) < 4.78 is 19.0. The third-order valence-corrected chi connectivity index (χ3v) is 10.1. The van der Waals surface area contributed by atoms with Gasteiger partial charge in [0.25, 0.3) is 5.91 Å². The van der Waals surface area contributed by atoms with E-state index < -0.39 is 5.82 Å². The molecule has 1 saturated heterocycles. The van der Waals surface area contributed by atoms with Crippen LogP contribution in [-0.2, 0) is 9.59 Å². The van der Waals surface area contributed by atoms with E-state index in [0.717, 1.165) is 32.1 Å². The second-order valence-electron chi connectivity index (χ2n) is 11.3. The Morgan fingerprint density at radius 3 is 2.50 bits per heavy atom. The van der Waals surface area contributed by atoms with Gasteiger partial charge in [0, 0.05) is 23.2 Å². The predicted octanol–water partition coefficient (Wildman–Crippen LogP) is 4.94. The lowest BCUT2D eigenvalue weighted by Gasteiger charge is -2.70. The molecule has 0 radical (unpaired) electrons. The van der Waals surface area contributed by atoms with Gasteiger partial charge in [0.1, 0.15) is 16.8 Å². The molecular weight excluding hydrogens is 501 g/mol. The number of thioether (sulfide) groups is 1. The summed E-state index contributed by atoms with van der Waals surface area (Å²) in [6, 6.07) is 4.36. The number of nitrogens with one attached hydrogen (secondary N) is 3. The second-order valence-corrected chi connectivity index (χ2v) is 13.0. The molecule has 3 unspecified atom stereocenters. The monoisotopic (exact) mass is 537 g/mol. The first-order chi connectivity index (χ1) is 17.3. The highest BCUT2D eigenvalue weighted by atomic mass is 35.5. The van der Waals surface area contributed by atoms with Gasteiger partial charge >= 0.3 is 0 Å². The van der Waals surface area contributed by atoms with Crippen LogP contribution in [0.25, 0.3) is 0 Å². The molecule has 5 aliphatic rings. The summed E-state index contributed by atoms with van der Waals surface area (Å²) in [4.78, 5) is 25.9. The van der Waals surface area contributed by atoms with Crippen molar-refractivity contribution in [3.05, 3.63) is 29.0 Å². The number of hydrogen-bond donors (Lipinski definition) is 3. The smallest absolute Gasteiger partial charge is 0.258 e. The van der Waals surface area contributed by atoms with Crippen LogP contribution in [0.15, 0.2) is 18.2 Å². The number of rotatable bonds is 9. The average molecular weight is 538 g/mol. The minimum atomic E-state index is -0.579. The van der Waals surface area contributed by atoms with Gasteiger partial charge in [0.05, 0.1) is 10.4 Å². The summed E-state index contributed by atoms with van der Waals surface area (Å²) in [5, 5.41) is 10.6. The Balaban J connectivity index is 1.11. The summed E-state index contributed by atoms with van der Waals surface area (Å²) in [6.45, 7) is 2.01. The van der Waals surface area contributed by atoms with Crippen molar-refractivity contribution in [2.75, 3.05) is 6.61 Å². The maximum atomic E-state index is 13.6. The fourth-order valence-corrected chi connectivity index (χ4v) is 8.46. The molecule has 0 aromatic heterocycles. The zero-order valence-electron chi connectivity index (χ0n) is 20.9. The van der Waals surface area contributed by atoms with Gasteiger partial charge in [-0.05, 0) is 56.6 Å². The predicted molar refractivity (Wildman–Crippen MR) is 141 cm³/mol. The first-order valence-electron chi connectivity index (χ1n) is 13.4. The number of halogens is 2. The van der Waals surface area contributed by atoms with E-state index in [4.69, 9.17) is 16.3 Å². The molecule has 1 heterocycles. The second kappa shape index (κ2) is 10.7. The molecule has 9 heteroatoms. The van der Waals surface area contributed by atoms with Crippen molar-refractivity contribution in [1.82, 2.24) is 16.0 Å². The van der Waals surface area contributed by atoms with Crippen LogP contribution in [0, 0.1) is 11.7 Å². The average Bonchev–Trinajstić information content (AvgIpc) is 3.03. The number of ether oxygens (including phenoxy) is 1. The van der Waals surface area contributed by atoms with Crippen LogP contribution in [0.2, 0.25) is 5.02 Å². The molecule has 36 heavy (non-hydrogen) atoms. The summed E-state index contributed by atoms with van der Waals surface area (Å²) in [6.07, 6.45) is 12.0. The maximum absolute atomic E-state index is 13.6. The first-order valence-corrected chi connectivity index (χ1v) is 14.7. The van der Waals surface area contributed by atoms with Gasteiger partial charge in [-0.2, -0.15) is 0 Å². The molecule has 0 spiro atoms. The summed E-state index contributed by atoms with van der Waals surface area (Å²) in [5.74, 6) is 0.181. The summed E-state index contributed by atoms with van der Waals surface area (Å²) in [7, 11) is 0. The first kappa shape index (κ1) is 26.1. The van der Waals surface area contributed by atoms with E-state index in [0.29, 0.717) is 11.3 Å². The molecule has 4 aliphatic carbocycles. The van der Waals surface area contributed by atoms with Gasteiger partial charge in [0.2, 0.25) is 5.91 Å². The Bertz CT molecular complexity index is 967. The molecule has 198 valence electrons. The Morgan fingerprint density at radius 1 is 1.14 bits per heavy atom. The van der Waals surface area contributed by atoms with Crippen molar-refractivity contribution in [2.45, 2.75) is 105 Å². The maximum Gasteiger partial charge on any atom is 0.258 e. The molecule has 4 saturated carbocycles. The molecule has 1 aromatic rings. The summed E-state index contributed by atoms with van der Waals surface area (Å²) >= 11 is 7.50. The number of hydrogen-bond acceptors (Lipinski definition) is 5. The van der Waals surface area contributed by atoms with E-state index in [1.165, 1.54) is 56.7 Å². The van der Waals surface area contributed by atoms with Gasteiger partial charge in [-0.3, -0.25) is 9.59 Å². The highest BCUT2D eigenvalue weighted by Crippen LogP contribution is 2.60. The Morgan fingerprint density at radius 2 is 1.83 bits per heavy atom. The van der Waals surface area contributed by atoms with Crippen LogP contribution in [0.4, 0.5) is 4.39 Å². The zero-order chi connectivity index (χ0) is 25.3. The minimum absolute atomic E-state index is 0.0150. The molecule has 6 rings (SSSR count). The van der Waals surface area contributed by atoms with Crippen molar-refractivity contribution < 1.29 is 18.7 Å². The van der Waals surface area contributed by atoms with Crippen LogP contribution in [0.3, 0.4) is 0 Å². The molecular formula is C27H37ClFN3O3S. The third-order valence-electron chi connectivity index (χ3n) is 8.32. The molecule has 2 bridgehead atoms. The van der Waals surface area contributed by atoms with E-state index >= 15 is 0 Å². The van der Waals surface area contributed by atoms with Crippen molar-refractivity contribution in [2.24, 2.45) is 5.92 Å². The lowest BCUT2D eigenvalue weighted by atomic mass is 9.44. The van der Waals surface area contributed by atoms with E-state index in [1.54, 1.807) is 0 Å². The molecule has 1 aromatic carbocycles.